The molecule has 0 fully saturated rings. The lowest BCUT2D eigenvalue weighted by atomic mass is 10.1. The number of anilines is 1. The van der Waals surface area contributed by atoms with Gasteiger partial charge in [-0.1, -0.05) is 41.9 Å². The highest BCUT2D eigenvalue weighted by Gasteiger charge is 2.08. The van der Waals surface area contributed by atoms with Crippen molar-refractivity contribution in [2.24, 2.45) is 0 Å². The van der Waals surface area contributed by atoms with E-state index in [0.29, 0.717) is 29.6 Å². The molecule has 3 aromatic rings. The maximum atomic E-state index is 12.2. The molecule has 2 N–H and O–H groups in total. The van der Waals surface area contributed by atoms with Crippen LogP contribution in [-0.2, 0) is 13.0 Å². The Hall–Kier alpha value is -3.12. The third-order valence-corrected chi connectivity index (χ3v) is 4.41. The van der Waals surface area contributed by atoms with E-state index in [-0.39, 0.29) is 5.91 Å². The van der Waals surface area contributed by atoms with Crippen LogP contribution in [0.3, 0.4) is 0 Å². The minimum absolute atomic E-state index is 0.203. The fraction of sp³-hybridized carbons (Fsp3) is 0.190. The summed E-state index contributed by atoms with van der Waals surface area (Å²) in [6, 6.07) is 15.3. The van der Waals surface area contributed by atoms with Crippen LogP contribution < -0.4 is 15.4 Å². The molecule has 0 saturated carbocycles. The number of ether oxygens (including phenoxy) is 1. The van der Waals surface area contributed by atoms with Crippen molar-refractivity contribution in [3.8, 4) is 5.75 Å². The molecule has 2 aromatic carbocycles. The number of carbonyl (C=O) groups excluding carboxylic acids is 1. The summed E-state index contributed by atoms with van der Waals surface area (Å²) in [5, 5.41) is 6.69. The van der Waals surface area contributed by atoms with Crippen LogP contribution in [0.15, 0.2) is 60.9 Å². The zero-order chi connectivity index (χ0) is 19.8. The second kappa shape index (κ2) is 9.71. The Kier molecular flexibility index (Phi) is 6.81. The van der Waals surface area contributed by atoms with E-state index < -0.39 is 0 Å². The quantitative estimate of drug-likeness (QED) is 0.606. The number of rotatable bonds is 8. The van der Waals surface area contributed by atoms with Gasteiger partial charge in [-0.3, -0.25) is 4.79 Å². The Labute approximate surface area is 168 Å². The lowest BCUT2D eigenvalue weighted by molar-refractivity contribution is 0.0953. The molecule has 6 nitrogen and oxygen atoms in total. The number of amides is 1. The molecule has 0 atom stereocenters. The van der Waals surface area contributed by atoms with Gasteiger partial charge < -0.3 is 15.4 Å². The molecular weight excluding hydrogens is 376 g/mol. The van der Waals surface area contributed by atoms with Crippen LogP contribution in [0.5, 0.6) is 5.75 Å². The van der Waals surface area contributed by atoms with E-state index in [4.69, 9.17) is 16.3 Å². The maximum Gasteiger partial charge on any atom is 0.254 e. The van der Waals surface area contributed by atoms with Gasteiger partial charge >= 0.3 is 0 Å². The van der Waals surface area contributed by atoms with Crippen LogP contribution >= 0.6 is 11.6 Å². The van der Waals surface area contributed by atoms with Gasteiger partial charge in [0.25, 0.3) is 5.91 Å². The molecule has 3 rings (SSSR count). The van der Waals surface area contributed by atoms with Gasteiger partial charge in [-0.25, -0.2) is 9.97 Å². The summed E-state index contributed by atoms with van der Waals surface area (Å²) in [5.74, 6) is 1.04. The second-order valence-electron chi connectivity index (χ2n) is 6.09. The summed E-state index contributed by atoms with van der Waals surface area (Å²) in [4.78, 5) is 20.6. The maximum absolute atomic E-state index is 12.2. The number of methoxy groups -OCH3 is 1. The van der Waals surface area contributed by atoms with Crippen LogP contribution in [0.1, 0.15) is 21.5 Å². The van der Waals surface area contributed by atoms with Crippen molar-refractivity contribution < 1.29 is 9.53 Å². The number of benzene rings is 2. The van der Waals surface area contributed by atoms with Crippen LogP contribution in [-0.4, -0.2) is 29.5 Å². The number of para-hydroxylation sites is 1. The zero-order valence-electron chi connectivity index (χ0n) is 15.5. The SMILES string of the molecule is COc1ccccc1CNc1ncc(C(=O)NCCc2ccc(Cl)cc2)cn1. The molecule has 0 aliphatic heterocycles. The number of hydrogen-bond donors (Lipinski definition) is 2. The molecule has 0 aliphatic carbocycles. The van der Waals surface area contributed by atoms with Gasteiger partial charge in [-0.2, -0.15) is 0 Å². The van der Waals surface area contributed by atoms with Crippen LogP contribution in [0.25, 0.3) is 0 Å². The Bertz CT molecular complexity index is 914. The van der Waals surface area contributed by atoms with E-state index in [1.165, 1.54) is 12.4 Å². The van der Waals surface area contributed by atoms with Gasteiger partial charge in [0.05, 0.1) is 12.7 Å². The van der Waals surface area contributed by atoms with Crippen molar-refractivity contribution in [3.05, 3.63) is 82.6 Å². The molecule has 7 heteroatoms. The first kappa shape index (κ1) is 19.6. The highest BCUT2D eigenvalue weighted by atomic mass is 35.5. The lowest BCUT2D eigenvalue weighted by Gasteiger charge is -2.09. The van der Waals surface area contributed by atoms with Gasteiger partial charge in [0.1, 0.15) is 5.75 Å². The van der Waals surface area contributed by atoms with E-state index in [1.54, 1.807) is 7.11 Å². The fourth-order valence-electron chi connectivity index (χ4n) is 2.63. The molecule has 1 heterocycles. The number of hydrogen-bond acceptors (Lipinski definition) is 5. The molecule has 0 unspecified atom stereocenters. The number of carbonyl (C=O) groups is 1. The van der Waals surface area contributed by atoms with Crippen molar-refractivity contribution in [2.45, 2.75) is 13.0 Å². The highest BCUT2D eigenvalue weighted by Crippen LogP contribution is 2.18. The fourth-order valence-corrected chi connectivity index (χ4v) is 2.76. The van der Waals surface area contributed by atoms with Gasteiger partial charge in [0.15, 0.2) is 0 Å². The summed E-state index contributed by atoms with van der Waals surface area (Å²) in [5.41, 5.74) is 2.52. The Balaban J connectivity index is 1.49. The van der Waals surface area contributed by atoms with Crippen molar-refractivity contribution in [1.29, 1.82) is 0 Å². The number of aromatic nitrogens is 2. The van der Waals surface area contributed by atoms with Crippen molar-refractivity contribution in [1.82, 2.24) is 15.3 Å². The molecule has 1 amide bonds. The third kappa shape index (κ3) is 5.44. The molecule has 28 heavy (non-hydrogen) atoms. The van der Waals surface area contributed by atoms with Crippen LogP contribution in [0, 0.1) is 0 Å². The number of nitrogens with one attached hydrogen (secondary N) is 2. The summed E-state index contributed by atoms with van der Waals surface area (Å²) in [6.45, 7) is 1.05. The topological polar surface area (TPSA) is 76.1 Å². The first-order chi connectivity index (χ1) is 13.7. The molecule has 0 saturated heterocycles. The van der Waals surface area contributed by atoms with E-state index in [9.17, 15) is 4.79 Å². The third-order valence-electron chi connectivity index (χ3n) is 4.16. The minimum Gasteiger partial charge on any atom is -0.496 e. The predicted molar refractivity (Wildman–Crippen MR) is 110 cm³/mol. The zero-order valence-corrected chi connectivity index (χ0v) is 16.2. The molecule has 1 aromatic heterocycles. The predicted octanol–water partition coefficient (Wildman–Crippen LogP) is 3.72. The molecule has 0 radical (unpaired) electrons. The van der Waals surface area contributed by atoms with Gasteiger partial charge in [0.2, 0.25) is 5.95 Å². The van der Waals surface area contributed by atoms with Crippen molar-refractivity contribution in [3.63, 3.8) is 0 Å². The highest BCUT2D eigenvalue weighted by molar-refractivity contribution is 6.30. The Morgan fingerprint density at radius 3 is 2.50 bits per heavy atom. The Morgan fingerprint density at radius 2 is 1.79 bits per heavy atom. The smallest absolute Gasteiger partial charge is 0.254 e. The average Bonchev–Trinajstić information content (AvgIpc) is 2.74. The first-order valence-electron chi connectivity index (χ1n) is 8.86. The number of halogens is 1. The standard InChI is InChI=1S/C21H21ClN4O2/c1-28-19-5-3-2-4-16(19)12-24-21-25-13-17(14-26-21)20(27)23-11-10-15-6-8-18(22)9-7-15/h2-9,13-14H,10-12H2,1H3,(H,23,27)(H,24,25,26). The van der Waals surface area contributed by atoms with Crippen molar-refractivity contribution >= 4 is 23.5 Å². The molecule has 0 aliphatic rings. The van der Waals surface area contributed by atoms with E-state index in [2.05, 4.69) is 20.6 Å². The number of nitrogens with zero attached hydrogens (tertiary/aromatic N) is 2. The normalized spacial score (nSPS) is 10.4. The molecule has 144 valence electrons. The summed E-state index contributed by atoms with van der Waals surface area (Å²) >= 11 is 5.87. The summed E-state index contributed by atoms with van der Waals surface area (Å²) < 4.78 is 5.32. The minimum atomic E-state index is -0.203. The summed E-state index contributed by atoms with van der Waals surface area (Å²) in [7, 11) is 1.63. The second-order valence-corrected chi connectivity index (χ2v) is 6.53. The van der Waals surface area contributed by atoms with Gasteiger partial charge in [-0.05, 0) is 30.2 Å². The monoisotopic (exact) mass is 396 g/mol. The largest absolute Gasteiger partial charge is 0.496 e. The lowest BCUT2D eigenvalue weighted by Crippen LogP contribution is -2.26. The average molecular weight is 397 g/mol. The van der Waals surface area contributed by atoms with E-state index in [0.717, 1.165) is 23.3 Å². The first-order valence-corrected chi connectivity index (χ1v) is 9.24. The van der Waals surface area contributed by atoms with E-state index in [1.807, 2.05) is 48.5 Å². The Morgan fingerprint density at radius 1 is 1.07 bits per heavy atom. The molecule has 0 spiro atoms. The van der Waals surface area contributed by atoms with Crippen molar-refractivity contribution in [2.75, 3.05) is 19.0 Å². The summed E-state index contributed by atoms with van der Waals surface area (Å²) in [6.07, 6.45) is 3.74. The van der Waals surface area contributed by atoms with E-state index >= 15 is 0 Å². The molecule has 0 bridgehead atoms. The van der Waals surface area contributed by atoms with Gasteiger partial charge in [-0.15, -0.1) is 0 Å². The van der Waals surface area contributed by atoms with Crippen LogP contribution in [0.4, 0.5) is 5.95 Å². The molecular formula is C21H21ClN4O2. The van der Waals surface area contributed by atoms with Crippen LogP contribution in [0.2, 0.25) is 5.02 Å². The van der Waals surface area contributed by atoms with Gasteiger partial charge in [0, 0.05) is 36.1 Å².